The van der Waals surface area contributed by atoms with E-state index in [0.717, 1.165) is 18.4 Å². The fourth-order valence-corrected chi connectivity index (χ4v) is 8.00. The van der Waals surface area contributed by atoms with E-state index < -0.39 is 43.7 Å². The highest BCUT2D eigenvalue weighted by molar-refractivity contribution is 6.59. The van der Waals surface area contributed by atoms with Gasteiger partial charge in [-0.1, -0.05) is 56.5 Å². The lowest BCUT2D eigenvalue weighted by Gasteiger charge is -2.28. The van der Waals surface area contributed by atoms with Crippen LogP contribution in [0.1, 0.15) is 56.1 Å². The summed E-state index contributed by atoms with van der Waals surface area (Å²) in [5, 5.41) is 0. The minimum atomic E-state index is -2.82. The zero-order valence-corrected chi connectivity index (χ0v) is 18.6. The van der Waals surface area contributed by atoms with Crippen molar-refractivity contribution in [3.63, 3.8) is 0 Å². The summed E-state index contributed by atoms with van der Waals surface area (Å²) in [6.07, 6.45) is 3.09. The number of rotatable bonds is 7. The Hall–Kier alpha value is -2.02. The molecular formula is C24H26F6Si. The van der Waals surface area contributed by atoms with Crippen LogP contribution in [0, 0.1) is 17.5 Å². The molecule has 3 rings (SSSR count). The lowest BCUT2D eigenvalue weighted by molar-refractivity contribution is 0.407. The smallest absolute Gasteiger partial charge is 0.206 e. The first-order valence-corrected chi connectivity index (χ1v) is 13.3. The summed E-state index contributed by atoms with van der Waals surface area (Å²) in [6.45, 7) is 2.20. The third-order valence-electron chi connectivity index (χ3n) is 6.27. The molecule has 1 fully saturated rings. The van der Waals surface area contributed by atoms with Crippen molar-refractivity contribution in [1.29, 1.82) is 0 Å². The highest BCUT2D eigenvalue weighted by Crippen LogP contribution is 2.38. The van der Waals surface area contributed by atoms with E-state index in [2.05, 4.69) is 6.92 Å². The number of halogens is 6. The lowest BCUT2D eigenvalue weighted by atomic mass is 9.91. The predicted octanol–water partition coefficient (Wildman–Crippen LogP) is 8.60. The molecule has 0 spiro atoms. The minimum Gasteiger partial charge on any atom is -0.206 e. The van der Waals surface area contributed by atoms with Crippen LogP contribution < -0.4 is 0 Å². The van der Waals surface area contributed by atoms with Crippen molar-refractivity contribution in [2.75, 3.05) is 0 Å². The Morgan fingerprint density at radius 3 is 2.10 bits per heavy atom. The van der Waals surface area contributed by atoms with Crippen LogP contribution in [0.25, 0.3) is 17.0 Å². The molecule has 1 heterocycles. The summed E-state index contributed by atoms with van der Waals surface area (Å²) in [7, 11) is -0.688. The number of unbranched alkanes of at least 4 members (excludes halogenated alkanes) is 2. The summed E-state index contributed by atoms with van der Waals surface area (Å²) in [4.78, 5) is 0. The normalized spacial score (nSPS) is 18.8. The minimum absolute atomic E-state index is 0.0548. The Labute approximate surface area is 180 Å². The molecule has 0 amide bonds. The lowest BCUT2D eigenvalue weighted by Crippen LogP contribution is -2.20. The third-order valence-corrected chi connectivity index (χ3v) is 9.79. The van der Waals surface area contributed by atoms with E-state index in [1.807, 2.05) is 0 Å². The SMILES string of the molecule is CCCCC[SiH]1CCC(c2ccc(-c3cc(F)c(C(F)=C(F)F)c(F)c3)c(F)c2)CC1. The molecule has 0 atom stereocenters. The molecule has 0 saturated carbocycles. The first-order chi connectivity index (χ1) is 14.8. The second-order valence-electron chi connectivity index (χ2n) is 8.34. The number of benzene rings is 2. The number of hydrogen-bond acceptors (Lipinski definition) is 0. The van der Waals surface area contributed by atoms with E-state index in [1.54, 1.807) is 6.07 Å². The van der Waals surface area contributed by atoms with Gasteiger partial charge in [-0.2, -0.15) is 8.78 Å². The van der Waals surface area contributed by atoms with Crippen molar-refractivity contribution in [2.45, 2.75) is 63.1 Å². The summed E-state index contributed by atoms with van der Waals surface area (Å²) in [5.41, 5.74) is -0.795. The monoisotopic (exact) mass is 456 g/mol. The molecule has 7 heteroatoms. The Morgan fingerprint density at radius 2 is 1.55 bits per heavy atom. The molecule has 0 radical (unpaired) electrons. The van der Waals surface area contributed by atoms with Gasteiger partial charge in [0.15, 0.2) is 0 Å². The average Bonchev–Trinajstić information content (AvgIpc) is 2.73. The molecule has 0 unspecified atom stereocenters. The average molecular weight is 457 g/mol. The maximum absolute atomic E-state index is 14.8. The van der Waals surface area contributed by atoms with E-state index >= 15 is 0 Å². The predicted molar refractivity (Wildman–Crippen MR) is 115 cm³/mol. The van der Waals surface area contributed by atoms with Crippen molar-refractivity contribution in [3.8, 4) is 11.1 Å². The van der Waals surface area contributed by atoms with Crippen molar-refractivity contribution < 1.29 is 26.3 Å². The van der Waals surface area contributed by atoms with Gasteiger partial charge in [0.25, 0.3) is 0 Å². The molecule has 168 valence electrons. The summed E-state index contributed by atoms with van der Waals surface area (Å²) >= 11 is 0. The third kappa shape index (κ3) is 5.62. The largest absolute Gasteiger partial charge is 0.306 e. The van der Waals surface area contributed by atoms with Crippen LogP contribution in [0.4, 0.5) is 26.3 Å². The fourth-order valence-electron chi connectivity index (χ4n) is 4.52. The second-order valence-corrected chi connectivity index (χ2v) is 11.8. The van der Waals surface area contributed by atoms with E-state index in [9.17, 15) is 26.3 Å². The Bertz CT molecular complexity index is 920. The molecule has 0 bridgehead atoms. The summed E-state index contributed by atoms with van der Waals surface area (Å²) in [6, 6.07) is 9.82. The van der Waals surface area contributed by atoms with Crippen molar-refractivity contribution in [3.05, 3.63) is 65.0 Å². The van der Waals surface area contributed by atoms with Crippen LogP contribution in [0.5, 0.6) is 0 Å². The fraction of sp³-hybridized carbons (Fsp3) is 0.417. The maximum atomic E-state index is 14.8. The molecular weight excluding hydrogens is 430 g/mol. The van der Waals surface area contributed by atoms with Gasteiger partial charge in [-0.05, 0) is 48.1 Å². The zero-order chi connectivity index (χ0) is 22.5. The topological polar surface area (TPSA) is 0 Å². The quantitative estimate of drug-likeness (QED) is 0.222. The Kier molecular flexibility index (Phi) is 8.03. The van der Waals surface area contributed by atoms with Crippen LogP contribution >= 0.6 is 0 Å². The van der Waals surface area contributed by atoms with E-state index in [1.165, 1.54) is 49.5 Å². The van der Waals surface area contributed by atoms with Crippen LogP contribution in [-0.4, -0.2) is 8.80 Å². The van der Waals surface area contributed by atoms with Gasteiger partial charge in [-0.15, -0.1) is 0 Å². The van der Waals surface area contributed by atoms with Gasteiger partial charge < -0.3 is 0 Å². The van der Waals surface area contributed by atoms with Crippen LogP contribution in [0.3, 0.4) is 0 Å². The van der Waals surface area contributed by atoms with Crippen molar-refractivity contribution in [1.82, 2.24) is 0 Å². The highest BCUT2D eigenvalue weighted by Gasteiger charge is 2.25. The van der Waals surface area contributed by atoms with Gasteiger partial charge in [0.1, 0.15) is 17.5 Å². The molecule has 2 aromatic rings. The molecule has 0 aliphatic carbocycles. The highest BCUT2D eigenvalue weighted by atomic mass is 28.3. The van der Waals surface area contributed by atoms with Gasteiger partial charge in [0, 0.05) is 14.4 Å². The van der Waals surface area contributed by atoms with Crippen molar-refractivity contribution >= 4 is 14.6 Å². The summed E-state index contributed by atoms with van der Waals surface area (Å²) in [5.74, 6) is -5.63. The molecule has 0 nitrogen and oxygen atoms in total. The molecule has 2 aromatic carbocycles. The van der Waals surface area contributed by atoms with E-state index in [-0.39, 0.29) is 17.0 Å². The van der Waals surface area contributed by atoms with Gasteiger partial charge in [0.05, 0.1) is 5.56 Å². The van der Waals surface area contributed by atoms with Crippen LogP contribution in [-0.2, 0) is 0 Å². The molecule has 1 aliphatic rings. The first-order valence-electron chi connectivity index (χ1n) is 10.8. The molecule has 31 heavy (non-hydrogen) atoms. The van der Waals surface area contributed by atoms with E-state index in [4.69, 9.17) is 0 Å². The van der Waals surface area contributed by atoms with Crippen molar-refractivity contribution in [2.24, 2.45) is 0 Å². The molecule has 0 N–H and O–H groups in total. The second kappa shape index (κ2) is 10.5. The standard InChI is InChI=1S/C24H26F6Si/c1-2-3-4-9-31-10-7-15(8-11-31)16-5-6-18(19(25)12-16)17-13-20(26)22(21(27)14-17)23(28)24(29)30/h5-6,12-15,31H,2-4,7-11H2,1H3. The molecule has 1 aliphatic heterocycles. The molecule has 1 saturated heterocycles. The molecule has 0 aromatic heterocycles. The van der Waals surface area contributed by atoms with Gasteiger partial charge in [-0.3, -0.25) is 0 Å². The van der Waals surface area contributed by atoms with Gasteiger partial charge in [-0.25, -0.2) is 17.6 Å². The Balaban J connectivity index is 1.76. The maximum Gasteiger partial charge on any atom is 0.306 e. The summed E-state index contributed by atoms with van der Waals surface area (Å²) < 4.78 is 81.1. The Morgan fingerprint density at radius 1 is 0.903 bits per heavy atom. The van der Waals surface area contributed by atoms with Gasteiger partial charge >= 0.3 is 6.08 Å². The van der Waals surface area contributed by atoms with Crippen LogP contribution in [0.15, 0.2) is 36.4 Å². The first kappa shape index (κ1) is 23.6. The van der Waals surface area contributed by atoms with E-state index in [0.29, 0.717) is 12.1 Å². The van der Waals surface area contributed by atoms with Crippen LogP contribution in [0.2, 0.25) is 18.1 Å². The number of hydrogen-bond donors (Lipinski definition) is 0. The zero-order valence-electron chi connectivity index (χ0n) is 17.5. The van der Waals surface area contributed by atoms with Gasteiger partial charge in [0.2, 0.25) is 5.83 Å².